The molecule has 0 aliphatic rings. The zero-order valence-electron chi connectivity index (χ0n) is 7.22. The van der Waals surface area contributed by atoms with Crippen LogP contribution in [0.4, 0.5) is 0 Å². The fourth-order valence-electron chi connectivity index (χ4n) is 1.25. The third kappa shape index (κ3) is 3.50. The van der Waals surface area contributed by atoms with Crippen molar-refractivity contribution >= 4 is 27.8 Å². The number of halogens is 2. The van der Waals surface area contributed by atoms with Crippen LogP contribution in [0, 0.1) is 6.92 Å². The van der Waals surface area contributed by atoms with Crippen molar-refractivity contribution in [1.82, 2.24) is 0 Å². The van der Waals surface area contributed by atoms with Crippen LogP contribution in [-0.4, -0.2) is 0 Å². The van der Waals surface area contributed by atoms with E-state index in [1.54, 1.807) is 0 Å². The Hall–Kier alpha value is 0.293. The molecule has 0 N–H and O–H groups in total. The second kappa shape index (κ2) is 5.91. The summed E-state index contributed by atoms with van der Waals surface area (Å²) in [6, 6.07) is 12.9. The molecule has 0 saturated heterocycles. The quantitative estimate of drug-likeness (QED) is 0.637. The summed E-state index contributed by atoms with van der Waals surface area (Å²) in [7, 11) is 9.87. The summed E-state index contributed by atoms with van der Waals surface area (Å²) in [6.45, 7) is 2.12. The Kier molecular flexibility index (Phi) is 5.16. The van der Waals surface area contributed by atoms with Crippen LogP contribution in [0.5, 0.6) is 0 Å². The van der Waals surface area contributed by atoms with Gasteiger partial charge in [-0.2, -0.15) is 17.5 Å². The third-order valence-corrected chi connectivity index (χ3v) is 1.79. The summed E-state index contributed by atoms with van der Waals surface area (Å²) < 4.78 is 0. The average Bonchev–Trinajstić information content (AvgIpc) is 2.52. The van der Waals surface area contributed by atoms with Gasteiger partial charge in [-0.1, -0.05) is 5.56 Å². The standard InChI is InChI=1S/C10H9.2ClH.Zr/c1-8-5-6-9-3-2-4-10(9)7-8;;;/h2-7H,1H3;2*1H;/q-1;;;+2/p-2. The first kappa shape index (κ1) is 11.4. The molecule has 68 valence electrons. The zero-order chi connectivity index (χ0) is 9.68. The van der Waals surface area contributed by atoms with Crippen molar-refractivity contribution in [3.63, 3.8) is 0 Å². The predicted octanol–water partition coefficient (Wildman–Crippen LogP) is 4.24. The number of aryl methyl sites for hydroxylation is 1. The van der Waals surface area contributed by atoms with Crippen LogP contribution in [0.1, 0.15) is 5.56 Å². The summed E-state index contributed by atoms with van der Waals surface area (Å²) in [5.74, 6) is 0. The summed E-state index contributed by atoms with van der Waals surface area (Å²) in [5, 5.41) is 2.69. The van der Waals surface area contributed by atoms with Gasteiger partial charge in [0.2, 0.25) is 0 Å². The first-order chi connectivity index (χ1) is 6.27. The van der Waals surface area contributed by atoms with Crippen molar-refractivity contribution in [2.24, 2.45) is 0 Å². The molecule has 0 nitrogen and oxygen atoms in total. The number of hydrogen-bond donors (Lipinski definition) is 0. The Morgan fingerprint density at radius 3 is 2.62 bits per heavy atom. The fraction of sp³-hybridized carbons (Fsp3) is 0.100. The van der Waals surface area contributed by atoms with E-state index in [0.717, 1.165) is 0 Å². The second-order valence-electron chi connectivity index (χ2n) is 2.73. The van der Waals surface area contributed by atoms with E-state index < -0.39 is 20.8 Å². The average molecular weight is 291 g/mol. The molecule has 0 spiro atoms. The number of rotatable bonds is 0. The molecule has 0 aliphatic carbocycles. The normalized spacial score (nSPS) is 9.15. The summed E-state index contributed by atoms with van der Waals surface area (Å²) >= 11 is -0.826. The Morgan fingerprint density at radius 1 is 1.23 bits per heavy atom. The van der Waals surface area contributed by atoms with E-state index >= 15 is 0 Å². The van der Waals surface area contributed by atoms with E-state index in [1.807, 2.05) is 0 Å². The molecule has 0 amide bonds. The van der Waals surface area contributed by atoms with Crippen LogP contribution in [0.3, 0.4) is 0 Å². The first-order valence-electron chi connectivity index (χ1n) is 3.86. The van der Waals surface area contributed by atoms with Crippen LogP contribution in [0.25, 0.3) is 10.8 Å². The van der Waals surface area contributed by atoms with E-state index in [0.29, 0.717) is 0 Å². The molecule has 2 rings (SSSR count). The Balaban J connectivity index is 0.000000251. The molecule has 0 radical (unpaired) electrons. The SMILES string of the molecule is Cc1ccc2[cH-]ccc2c1.[Cl][Zr][Cl]. The van der Waals surface area contributed by atoms with Gasteiger partial charge >= 0.3 is 37.9 Å². The molecule has 0 aromatic heterocycles. The molecule has 13 heavy (non-hydrogen) atoms. The van der Waals surface area contributed by atoms with Crippen molar-refractivity contribution in [2.45, 2.75) is 6.92 Å². The van der Waals surface area contributed by atoms with Gasteiger partial charge in [0, 0.05) is 0 Å². The van der Waals surface area contributed by atoms with Crippen molar-refractivity contribution in [3.8, 4) is 0 Å². The van der Waals surface area contributed by atoms with Gasteiger partial charge in [0.1, 0.15) is 0 Å². The molecule has 0 fully saturated rings. The maximum absolute atomic E-state index is 4.93. The molecule has 0 unspecified atom stereocenters. The van der Waals surface area contributed by atoms with E-state index in [9.17, 15) is 0 Å². The van der Waals surface area contributed by atoms with Crippen molar-refractivity contribution in [1.29, 1.82) is 0 Å². The molecule has 3 heteroatoms. The van der Waals surface area contributed by atoms with Gasteiger partial charge in [0.05, 0.1) is 0 Å². The minimum atomic E-state index is -0.826. The second-order valence-corrected chi connectivity index (χ2v) is 6.46. The van der Waals surface area contributed by atoms with Crippen LogP contribution in [0.15, 0.2) is 36.4 Å². The molecule has 0 aliphatic heterocycles. The van der Waals surface area contributed by atoms with Gasteiger partial charge in [0.25, 0.3) is 0 Å². The molecular formula is C10H9Cl2Zr-. The Labute approximate surface area is 96.9 Å². The van der Waals surface area contributed by atoms with E-state index in [2.05, 4.69) is 43.3 Å². The molecule has 2 aromatic carbocycles. The van der Waals surface area contributed by atoms with E-state index in [4.69, 9.17) is 17.0 Å². The molecule has 0 heterocycles. The van der Waals surface area contributed by atoms with Gasteiger partial charge in [-0.05, 0) is 6.92 Å². The van der Waals surface area contributed by atoms with Gasteiger partial charge < -0.3 is 0 Å². The van der Waals surface area contributed by atoms with Crippen molar-refractivity contribution in [2.75, 3.05) is 0 Å². The maximum atomic E-state index is 4.93. The van der Waals surface area contributed by atoms with Crippen molar-refractivity contribution < 1.29 is 20.8 Å². The summed E-state index contributed by atoms with van der Waals surface area (Å²) in [4.78, 5) is 0. The van der Waals surface area contributed by atoms with Gasteiger partial charge in [-0.15, -0.1) is 29.7 Å². The Morgan fingerprint density at radius 2 is 1.92 bits per heavy atom. The van der Waals surface area contributed by atoms with E-state index in [1.165, 1.54) is 16.3 Å². The molecule has 2 aromatic rings. The zero-order valence-corrected chi connectivity index (χ0v) is 11.2. The van der Waals surface area contributed by atoms with E-state index in [-0.39, 0.29) is 0 Å². The van der Waals surface area contributed by atoms with Gasteiger partial charge in [0.15, 0.2) is 0 Å². The summed E-state index contributed by atoms with van der Waals surface area (Å²) in [6.07, 6.45) is 0. The van der Waals surface area contributed by atoms with Crippen molar-refractivity contribution in [3.05, 3.63) is 42.0 Å². The summed E-state index contributed by atoms with van der Waals surface area (Å²) in [5.41, 5.74) is 1.33. The number of hydrogen-bond acceptors (Lipinski definition) is 0. The molecule has 0 atom stereocenters. The first-order valence-corrected chi connectivity index (χ1v) is 10.2. The number of fused-ring (bicyclic) bond motifs is 1. The third-order valence-electron chi connectivity index (χ3n) is 1.79. The van der Waals surface area contributed by atoms with Gasteiger partial charge in [-0.25, -0.2) is 0 Å². The van der Waals surface area contributed by atoms with Crippen LogP contribution < -0.4 is 0 Å². The topological polar surface area (TPSA) is 0 Å². The molecule has 0 bridgehead atoms. The van der Waals surface area contributed by atoms with Gasteiger partial charge in [-0.3, -0.25) is 0 Å². The predicted molar refractivity (Wildman–Crippen MR) is 56.0 cm³/mol. The van der Waals surface area contributed by atoms with Crippen LogP contribution >= 0.6 is 17.0 Å². The number of benzene rings is 1. The molecular weight excluding hydrogens is 282 g/mol. The fourth-order valence-corrected chi connectivity index (χ4v) is 1.25. The monoisotopic (exact) mass is 289 g/mol. The van der Waals surface area contributed by atoms with Crippen LogP contribution in [0.2, 0.25) is 0 Å². The minimum absolute atomic E-state index is 0.826. The molecule has 0 saturated carbocycles. The Bertz CT molecular complexity index is 368. The van der Waals surface area contributed by atoms with Crippen LogP contribution in [-0.2, 0) is 20.8 Å².